The van der Waals surface area contributed by atoms with Crippen LogP contribution in [0.2, 0.25) is 0 Å². The molecule has 1 atom stereocenters. The van der Waals surface area contributed by atoms with Crippen LogP contribution in [0.1, 0.15) is 37.0 Å². The van der Waals surface area contributed by atoms with Crippen molar-refractivity contribution in [1.29, 1.82) is 0 Å². The summed E-state index contributed by atoms with van der Waals surface area (Å²) in [5, 5.41) is 3.33. The van der Waals surface area contributed by atoms with Gasteiger partial charge in [-0.05, 0) is 63.2 Å². The molecule has 1 aromatic rings. The van der Waals surface area contributed by atoms with Crippen LogP contribution in [0.4, 0.5) is 0 Å². The Morgan fingerprint density at radius 2 is 1.88 bits per heavy atom. The van der Waals surface area contributed by atoms with Crippen molar-refractivity contribution in [2.24, 2.45) is 11.8 Å². The van der Waals surface area contributed by atoms with Crippen molar-refractivity contribution in [2.75, 3.05) is 13.6 Å². The first-order chi connectivity index (χ1) is 8.02. The number of aryl methyl sites for hydroxylation is 2. The Kier molecular flexibility index (Phi) is 5.70. The van der Waals surface area contributed by atoms with E-state index in [0.717, 1.165) is 18.4 Å². The molecule has 0 amide bonds. The van der Waals surface area contributed by atoms with Crippen LogP contribution in [-0.4, -0.2) is 13.6 Å². The predicted octanol–water partition coefficient (Wildman–Crippen LogP) is 3.73. The summed E-state index contributed by atoms with van der Waals surface area (Å²) in [4.78, 5) is 0. The van der Waals surface area contributed by atoms with E-state index < -0.39 is 0 Å². The van der Waals surface area contributed by atoms with Gasteiger partial charge in [-0.2, -0.15) is 0 Å². The van der Waals surface area contributed by atoms with Gasteiger partial charge in [-0.3, -0.25) is 0 Å². The summed E-state index contributed by atoms with van der Waals surface area (Å²) < 4.78 is 0. The molecular formula is C16H27N. The smallest absolute Gasteiger partial charge is 0.00202 e. The van der Waals surface area contributed by atoms with Gasteiger partial charge in [-0.1, -0.05) is 37.6 Å². The highest BCUT2D eigenvalue weighted by Gasteiger charge is 2.12. The molecule has 1 rings (SSSR count). The molecule has 0 aliphatic heterocycles. The number of nitrogens with one attached hydrogen (secondary N) is 1. The van der Waals surface area contributed by atoms with Crippen LogP contribution in [0.3, 0.4) is 0 Å². The first-order valence-electron chi connectivity index (χ1n) is 6.73. The van der Waals surface area contributed by atoms with E-state index in [-0.39, 0.29) is 0 Å². The van der Waals surface area contributed by atoms with Crippen LogP contribution in [0.5, 0.6) is 0 Å². The van der Waals surface area contributed by atoms with Crippen LogP contribution in [0.15, 0.2) is 18.2 Å². The zero-order valence-corrected chi connectivity index (χ0v) is 12.0. The fourth-order valence-corrected chi connectivity index (χ4v) is 2.53. The average molecular weight is 233 g/mol. The molecule has 1 heteroatoms. The lowest BCUT2D eigenvalue weighted by molar-refractivity contribution is 0.394. The predicted molar refractivity (Wildman–Crippen MR) is 76.5 cm³/mol. The molecule has 17 heavy (non-hydrogen) atoms. The summed E-state index contributed by atoms with van der Waals surface area (Å²) >= 11 is 0. The second-order valence-corrected chi connectivity index (χ2v) is 5.69. The van der Waals surface area contributed by atoms with Crippen LogP contribution in [0.25, 0.3) is 0 Å². The van der Waals surface area contributed by atoms with Gasteiger partial charge in [0.25, 0.3) is 0 Å². The number of benzene rings is 1. The van der Waals surface area contributed by atoms with E-state index in [1.54, 1.807) is 0 Å². The van der Waals surface area contributed by atoms with Gasteiger partial charge in [-0.15, -0.1) is 0 Å². The van der Waals surface area contributed by atoms with Crippen LogP contribution in [0, 0.1) is 25.7 Å². The topological polar surface area (TPSA) is 12.0 Å². The maximum atomic E-state index is 3.33. The molecule has 96 valence electrons. The molecule has 0 saturated heterocycles. The van der Waals surface area contributed by atoms with E-state index in [1.807, 2.05) is 0 Å². The Bertz CT molecular complexity index is 341. The fraction of sp³-hybridized carbons (Fsp3) is 0.625. The van der Waals surface area contributed by atoms with Crippen LogP contribution in [-0.2, 0) is 6.42 Å². The fourth-order valence-electron chi connectivity index (χ4n) is 2.53. The van der Waals surface area contributed by atoms with E-state index in [0.29, 0.717) is 0 Å². The molecule has 0 aliphatic carbocycles. The van der Waals surface area contributed by atoms with E-state index in [1.165, 1.54) is 29.5 Å². The van der Waals surface area contributed by atoms with Crippen molar-refractivity contribution in [3.8, 4) is 0 Å². The SMILES string of the molecule is CNCC(Cc1cc(C)ccc1C)CC(C)C. The zero-order valence-electron chi connectivity index (χ0n) is 12.0. The minimum Gasteiger partial charge on any atom is -0.319 e. The van der Waals surface area contributed by atoms with Gasteiger partial charge < -0.3 is 5.32 Å². The Hall–Kier alpha value is -0.820. The molecule has 0 aliphatic rings. The molecule has 0 radical (unpaired) electrons. The largest absolute Gasteiger partial charge is 0.319 e. The van der Waals surface area contributed by atoms with Crippen molar-refractivity contribution in [2.45, 2.75) is 40.5 Å². The lowest BCUT2D eigenvalue weighted by Crippen LogP contribution is -2.22. The quantitative estimate of drug-likeness (QED) is 0.789. The van der Waals surface area contributed by atoms with Crippen molar-refractivity contribution >= 4 is 0 Å². The Morgan fingerprint density at radius 1 is 1.18 bits per heavy atom. The number of hydrogen-bond acceptors (Lipinski definition) is 1. The van der Waals surface area contributed by atoms with Gasteiger partial charge in [0.15, 0.2) is 0 Å². The summed E-state index contributed by atoms with van der Waals surface area (Å²) in [5.41, 5.74) is 4.32. The van der Waals surface area contributed by atoms with E-state index in [2.05, 4.69) is 58.3 Å². The summed E-state index contributed by atoms with van der Waals surface area (Å²) in [5.74, 6) is 1.53. The van der Waals surface area contributed by atoms with Crippen molar-refractivity contribution in [3.05, 3.63) is 34.9 Å². The monoisotopic (exact) mass is 233 g/mol. The van der Waals surface area contributed by atoms with E-state index in [4.69, 9.17) is 0 Å². The molecular weight excluding hydrogens is 206 g/mol. The van der Waals surface area contributed by atoms with Crippen molar-refractivity contribution in [3.63, 3.8) is 0 Å². The summed E-state index contributed by atoms with van der Waals surface area (Å²) in [6, 6.07) is 6.79. The second-order valence-electron chi connectivity index (χ2n) is 5.69. The summed E-state index contributed by atoms with van der Waals surface area (Å²) in [6.45, 7) is 10.1. The molecule has 0 heterocycles. The minimum absolute atomic E-state index is 0.750. The highest BCUT2D eigenvalue weighted by molar-refractivity contribution is 5.30. The van der Waals surface area contributed by atoms with Crippen molar-refractivity contribution < 1.29 is 0 Å². The lowest BCUT2D eigenvalue weighted by Gasteiger charge is -2.20. The van der Waals surface area contributed by atoms with E-state index in [9.17, 15) is 0 Å². The normalized spacial score (nSPS) is 13.1. The molecule has 0 saturated carbocycles. The average Bonchev–Trinajstić information content (AvgIpc) is 2.23. The van der Waals surface area contributed by atoms with Gasteiger partial charge in [0, 0.05) is 0 Å². The van der Waals surface area contributed by atoms with Gasteiger partial charge in [0.2, 0.25) is 0 Å². The lowest BCUT2D eigenvalue weighted by atomic mass is 9.89. The highest BCUT2D eigenvalue weighted by atomic mass is 14.8. The standard InChI is InChI=1S/C16H27N/c1-12(2)8-15(11-17-5)10-16-9-13(3)6-7-14(16)4/h6-7,9,12,15,17H,8,10-11H2,1-5H3. The molecule has 0 bridgehead atoms. The number of hydrogen-bond donors (Lipinski definition) is 1. The molecule has 1 aromatic carbocycles. The van der Waals surface area contributed by atoms with Gasteiger partial charge in [0.1, 0.15) is 0 Å². The first-order valence-corrected chi connectivity index (χ1v) is 6.73. The highest BCUT2D eigenvalue weighted by Crippen LogP contribution is 2.20. The Balaban J connectivity index is 2.74. The molecule has 1 N–H and O–H groups in total. The third kappa shape index (κ3) is 4.91. The number of rotatable bonds is 6. The van der Waals surface area contributed by atoms with Gasteiger partial charge in [0.05, 0.1) is 0 Å². The Labute approximate surface area is 107 Å². The molecule has 1 unspecified atom stereocenters. The molecule has 0 aromatic heterocycles. The third-order valence-electron chi connectivity index (χ3n) is 3.31. The van der Waals surface area contributed by atoms with Crippen LogP contribution < -0.4 is 5.32 Å². The minimum atomic E-state index is 0.750. The third-order valence-corrected chi connectivity index (χ3v) is 3.31. The van der Waals surface area contributed by atoms with Crippen LogP contribution >= 0.6 is 0 Å². The molecule has 0 spiro atoms. The van der Waals surface area contributed by atoms with E-state index >= 15 is 0 Å². The maximum Gasteiger partial charge on any atom is -0.00202 e. The second kappa shape index (κ2) is 6.80. The van der Waals surface area contributed by atoms with Gasteiger partial charge >= 0.3 is 0 Å². The first kappa shape index (κ1) is 14.2. The summed E-state index contributed by atoms with van der Waals surface area (Å²) in [6.07, 6.45) is 2.50. The summed E-state index contributed by atoms with van der Waals surface area (Å²) in [7, 11) is 2.05. The zero-order chi connectivity index (χ0) is 12.8. The molecule has 1 nitrogen and oxygen atoms in total. The molecule has 0 fully saturated rings. The van der Waals surface area contributed by atoms with Crippen molar-refractivity contribution in [1.82, 2.24) is 5.32 Å². The Morgan fingerprint density at radius 3 is 2.47 bits per heavy atom. The maximum absolute atomic E-state index is 3.33. The van der Waals surface area contributed by atoms with Gasteiger partial charge in [-0.25, -0.2) is 0 Å².